The Hall–Kier alpha value is -1.54. The van der Waals surface area contributed by atoms with Crippen molar-refractivity contribution < 1.29 is 34.8 Å². The Balaban J connectivity index is 1.69. The van der Waals surface area contributed by atoms with Crippen LogP contribution in [0.3, 0.4) is 0 Å². The zero-order valence-electron chi connectivity index (χ0n) is 22.6. The normalized spacial score (nSPS) is 42.5. The number of allylic oxidation sites excluding steroid dienone is 2. The van der Waals surface area contributed by atoms with Crippen LogP contribution < -0.4 is 0 Å². The molecule has 0 bridgehead atoms. The summed E-state index contributed by atoms with van der Waals surface area (Å²) in [6, 6.07) is 0. The quantitative estimate of drug-likeness (QED) is 0.409. The number of aliphatic hydroxyl groups is 4. The molecule has 0 spiro atoms. The average Bonchev–Trinajstić information content (AvgIpc) is 3.05. The minimum absolute atomic E-state index is 0.151. The molecule has 0 unspecified atom stereocenters. The molecule has 202 valence electrons. The number of ketones is 1. The molecule has 0 saturated heterocycles. The Bertz CT molecular complexity index is 980. The minimum Gasteiger partial charge on any atom is -0.456 e. The molecule has 0 aromatic heterocycles. The number of esters is 1. The maximum atomic E-state index is 13.4. The first kappa shape index (κ1) is 27.5. The third-order valence-electron chi connectivity index (χ3n) is 10.3. The summed E-state index contributed by atoms with van der Waals surface area (Å²) in [4.78, 5) is 24.9. The number of carbonyl (C=O) groups excluding carboxylic acids is 2. The van der Waals surface area contributed by atoms with Crippen molar-refractivity contribution in [2.75, 3.05) is 0 Å². The highest BCUT2D eigenvalue weighted by molar-refractivity contribution is 6.07. The lowest BCUT2D eigenvalue weighted by molar-refractivity contribution is -0.168. The molecule has 7 heteroatoms. The molecule has 2 fully saturated rings. The molecule has 0 aromatic rings. The second-order valence-corrected chi connectivity index (χ2v) is 13.0. The number of carbonyl (C=O) groups is 2. The molecule has 0 aliphatic heterocycles. The van der Waals surface area contributed by atoms with Crippen LogP contribution in [-0.4, -0.2) is 61.7 Å². The van der Waals surface area contributed by atoms with Crippen molar-refractivity contribution in [3.63, 3.8) is 0 Å². The van der Waals surface area contributed by atoms with Crippen LogP contribution >= 0.6 is 0 Å². The van der Waals surface area contributed by atoms with Gasteiger partial charge >= 0.3 is 5.97 Å². The molecule has 4 N–H and O–H groups in total. The number of fused-ring (bicyclic) bond motifs is 5. The second kappa shape index (κ2) is 9.04. The molecule has 9 atom stereocenters. The van der Waals surface area contributed by atoms with E-state index in [1.165, 1.54) is 6.92 Å². The molecule has 2 saturated carbocycles. The first-order valence-corrected chi connectivity index (χ1v) is 13.5. The predicted molar refractivity (Wildman–Crippen MR) is 135 cm³/mol. The highest BCUT2D eigenvalue weighted by Crippen LogP contribution is 2.68. The number of rotatable bonds is 6. The summed E-state index contributed by atoms with van der Waals surface area (Å²) in [5, 5.41) is 45.7. The number of aliphatic hydroxyl groups excluding tert-OH is 2. The van der Waals surface area contributed by atoms with Gasteiger partial charge in [-0.1, -0.05) is 27.7 Å². The summed E-state index contributed by atoms with van der Waals surface area (Å²) < 4.78 is 5.26. The van der Waals surface area contributed by atoms with Gasteiger partial charge < -0.3 is 25.2 Å². The van der Waals surface area contributed by atoms with Crippen LogP contribution in [0.4, 0.5) is 0 Å². The summed E-state index contributed by atoms with van der Waals surface area (Å²) >= 11 is 0. The van der Waals surface area contributed by atoms with E-state index in [1.807, 2.05) is 13.8 Å². The Kier molecular flexibility index (Phi) is 6.90. The van der Waals surface area contributed by atoms with E-state index >= 15 is 0 Å². The van der Waals surface area contributed by atoms with Gasteiger partial charge in [0, 0.05) is 23.3 Å². The van der Waals surface area contributed by atoms with Crippen LogP contribution in [0, 0.1) is 28.6 Å². The van der Waals surface area contributed by atoms with Gasteiger partial charge in [-0.2, -0.15) is 0 Å². The first-order chi connectivity index (χ1) is 16.6. The summed E-state index contributed by atoms with van der Waals surface area (Å²) in [6.45, 7) is 11.1. The van der Waals surface area contributed by atoms with Gasteiger partial charge in [0.15, 0.2) is 5.78 Å². The SMILES string of the molecule is CC(=O)O[C@H]1C=C2C(=O)C=C3[C@H](CC[C@]4(C)[C@@H]([C@@](C)(O)[C@H](O)CCC(C)C)CC[C@@]34O)[C@@]2(C)C[C@@H]1O. The molecule has 7 nitrogen and oxygen atoms in total. The van der Waals surface area contributed by atoms with E-state index < -0.39 is 46.3 Å². The third kappa shape index (κ3) is 4.01. The molecule has 36 heavy (non-hydrogen) atoms. The largest absolute Gasteiger partial charge is 0.456 e. The average molecular weight is 505 g/mol. The van der Waals surface area contributed by atoms with E-state index in [0.717, 1.165) is 6.42 Å². The van der Waals surface area contributed by atoms with E-state index in [1.54, 1.807) is 19.1 Å². The molecule has 4 aliphatic carbocycles. The van der Waals surface area contributed by atoms with Gasteiger partial charge in [0.05, 0.1) is 23.4 Å². The highest BCUT2D eigenvalue weighted by atomic mass is 16.6. The van der Waals surface area contributed by atoms with Gasteiger partial charge in [-0.25, -0.2) is 0 Å². The van der Waals surface area contributed by atoms with E-state index in [2.05, 4.69) is 13.8 Å². The standard InChI is InChI=1S/C29H44O7/c1-16(2)7-8-25(33)28(6,34)24-10-12-29(35)19-13-21(31)20-14-23(36-17(3)30)22(32)15-26(20,4)18(19)9-11-27(24,29)5/h13-14,16,18,22-25,32-35H,7-12,15H2,1-6H3/t18-,22-,23-,24-,25+,26+,27+,28+,29+/m0/s1. The van der Waals surface area contributed by atoms with Crippen LogP contribution in [0.25, 0.3) is 0 Å². The van der Waals surface area contributed by atoms with E-state index in [9.17, 15) is 30.0 Å². The van der Waals surface area contributed by atoms with Gasteiger partial charge in [-0.05, 0) is 87.3 Å². The lowest BCUT2D eigenvalue weighted by Gasteiger charge is -2.59. The van der Waals surface area contributed by atoms with Crippen molar-refractivity contribution in [1.29, 1.82) is 0 Å². The fourth-order valence-electron chi connectivity index (χ4n) is 8.17. The monoisotopic (exact) mass is 504 g/mol. The maximum Gasteiger partial charge on any atom is 0.303 e. The Labute approximate surface area is 214 Å². The lowest BCUT2D eigenvalue weighted by atomic mass is 9.47. The molecule has 4 rings (SSSR count). The summed E-state index contributed by atoms with van der Waals surface area (Å²) in [6.07, 6.45) is 4.28. The maximum absolute atomic E-state index is 13.4. The Morgan fingerprint density at radius 3 is 2.50 bits per heavy atom. The molecule has 0 aromatic carbocycles. The van der Waals surface area contributed by atoms with Gasteiger partial charge in [0.2, 0.25) is 0 Å². The van der Waals surface area contributed by atoms with E-state index in [-0.39, 0.29) is 24.0 Å². The van der Waals surface area contributed by atoms with E-state index in [4.69, 9.17) is 4.74 Å². The summed E-state index contributed by atoms with van der Waals surface area (Å²) in [5.74, 6) is -0.806. The fourth-order valence-corrected chi connectivity index (χ4v) is 8.17. The fraction of sp³-hybridized carbons (Fsp3) is 0.793. The van der Waals surface area contributed by atoms with Crippen molar-refractivity contribution >= 4 is 11.8 Å². The van der Waals surface area contributed by atoms with Crippen LogP contribution in [-0.2, 0) is 14.3 Å². The van der Waals surface area contributed by atoms with Crippen molar-refractivity contribution in [2.45, 2.75) is 116 Å². The molecular formula is C29H44O7. The number of ether oxygens (including phenoxy) is 1. The second-order valence-electron chi connectivity index (χ2n) is 13.0. The number of hydrogen-bond acceptors (Lipinski definition) is 7. The third-order valence-corrected chi connectivity index (χ3v) is 10.3. The smallest absolute Gasteiger partial charge is 0.303 e. The molecule has 4 aliphatic rings. The summed E-state index contributed by atoms with van der Waals surface area (Å²) in [5.41, 5.74) is -2.83. The van der Waals surface area contributed by atoms with Crippen LogP contribution in [0.2, 0.25) is 0 Å². The lowest BCUT2D eigenvalue weighted by Crippen LogP contribution is -2.61. The Morgan fingerprint density at radius 2 is 1.89 bits per heavy atom. The molecular weight excluding hydrogens is 460 g/mol. The van der Waals surface area contributed by atoms with Crippen LogP contribution in [0.5, 0.6) is 0 Å². The summed E-state index contributed by atoms with van der Waals surface area (Å²) in [7, 11) is 0. The van der Waals surface area contributed by atoms with Gasteiger partial charge in [-0.3, -0.25) is 9.59 Å². The topological polar surface area (TPSA) is 124 Å². The van der Waals surface area contributed by atoms with Crippen molar-refractivity contribution in [3.8, 4) is 0 Å². The van der Waals surface area contributed by atoms with Gasteiger partial charge in [0.1, 0.15) is 6.10 Å². The van der Waals surface area contributed by atoms with E-state index in [0.29, 0.717) is 49.2 Å². The molecule has 0 heterocycles. The van der Waals surface area contributed by atoms with Crippen LogP contribution in [0.15, 0.2) is 23.3 Å². The van der Waals surface area contributed by atoms with Crippen molar-refractivity contribution in [2.24, 2.45) is 28.6 Å². The minimum atomic E-state index is -1.37. The molecule has 0 radical (unpaired) electrons. The zero-order valence-corrected chi connectivity index (χ0v) is 22.6. The van der Waals surface area contributed by atoms with Crippen LogP contribution in [0.1, 0.15) is 86.5 Å². The van der Waals surface area contributed by atoms with Gasteiger partial charge in [0.25, 0.3) is 0 Å². The van der Waals surface area contributed by atoms with Crippen molar-refractivity contribution in [1.82, 2.24) is 0 Å². The highest BCUT2D eigenvalue weighted by Gasteiger charge is 2.68. The molecule has 0 amide bonds. The predicted octanol–water partition coefficient (Wildman–Crippen LogP) is 3.23. The zero-order chi connectivity index (χ0) is 26.8. The first-order valence-electron chi connectivity index (χ1n) is 13.5. The number of hydrogen-bond donors (Lipinski definition) is 4. The van der Waals surface area contributed by atoms with Crippen molar-refractivity contribution in [3.05, 3.63) is 23.3 Å². The van der Waals surface area contributed by atoms with Gasteiger partial charge in [-0.15, -0.1) is 0 Å². The Morgan fingerprint density at radius 1 is 1.22 bits per heavy atom.